The van der Waals surface area contributed by atoms with Gasteiger partial charge in [-0.15, -0.1) is 0 Å². The van der Waals surface area contributed by atoms with E-state index >= 15 is 0 Å². The van der Waals surface area contributed by atoms with Crippen molar-refractivity contribution in [3.05, 3.63) is 34.3 Å². The normalized spacial score (nSPS) is 19.2. The molecule has 2 rings (SSSR count). The summed E-state index contributed by atoms with van der Waals surface area (Å²) in [6.07, 6.45) is 1.59. The summed E-state index contributed by atoms with van der Waals surface area (Å²) in [5, 5.41) is 0.650. The van der Waals surface area contributed by atoms with Crippen LogP contribution in [-0.4, -0.2) is 5.78 Å². The number of fused-ring (bicyclic) bond motifs is 1. The molecule has 0 aromatic heterocycles. The maximum atomic E-state index is 11.8. The molecule has 0 radical (unpaired) electrons. The third-order valence-electron chi connectivity index (χ3n) is 2.68. The molecular formula is C12H13ClO. The first-order valence-corrected chi connectivity index (χ1v) is 5.17. The van der Waals surface area contributed by atoms with Crippen molar-refractivity contribution in [2.75, 3.05) is 0 Å². The van der Waals surface area contributed by atoms with Crippen LogP contribution in [0.4, 0.5) is 0 Å². The van der Waals surface area contributed by atoms with Gasteiger partial charge >= 0.3 is 0 Å². The largest absolute Gasteiger partial charge is 0.294 e. The number of carbonyl (C=O) groups excluding carboxylic acids is 1. The van der Waals surface area contributed by atoms with Crippen LogP contribution in [0, 0.1) is 5.41 Å². The van der Waals surface area contributed by atoms with E-state index < -0.39 is 0 Å². The lowest BCUT2D eigenvalue weighted by Gasteiger charge is -2.30. The maximum Gasteiger partial charge on any atom is 0.163 e. The van der Waals surface area contributed by atoms with Gasteiger partial charge in [0.2, 0.25) is 0 Å². The van der Waals surface area contributed by atoms with Gasteiger partial charge in [0.1, 0.15) is 0 Å². The van der Waals surface area contributed by atoms with Gasteiger partial charge in [-0.25, -0.2) is 0 Å². The molecule has 1 aromatic rings. The summed E-state index contributed by atoms with van der Waals surface area (Å²) in [6.45, 7) is 4.25. The lowest BCUT2D eigenvalue weighted by molar-refractivity contribution is 0.0912. The number of ketones is 1. The average Bonchev–Trinajstić information content (AvgIpc) is 2.05. The van der Waals surface area contributed by atoms with Crippen LogP contribution >= 0.6 is 11.6 Å². The van der Waals surface area contributed by atoms with E-state index in [1.807, 2.05) is 12.1 Å². The van der Waals surface area contributed by atoms with E-state index in [0.29, 0.717) is 11.4 Å². The number of hydrogen-bond acceptors (Lipinski definition) is 1. The van der Waals surface area contributed by atoms with Crippen LogP contribution in [0.15, 0.2) is 18.2 Å². The standard InChI is InChI=1S/C12H13ClO/c1-12(2)6-8-3-4-9(13)5-10(8)11(14)7-12/h3-5H,6-7H2,1-2H3. The van der Waals surface area contributed by atoms with Gasteiger partial charge in [-0.3, -0.25) is 4.79 Å². The lowest BCUT2D eigenvalue weighted by Crippen LogP contribution is -2.26. The second kappa shape index (κ2) is 3.09. The summed E-state index contributed by atoms with van der Waals surface area (Å²) >= 11 is 5.86. The zero-order valence-electron chi connectivity index (χ0n) is 8.43. The van der Waals surface area contributed by atoms with Gasteiger partial charge in [0.05, 0.1) is 0 Å². The number of carbonyl (C=O) groups is 1. The molecule has 1 aromatic carbocycles. The van der Waals surface area contributed by atoms with Gasteiger partial charge in [-0.1, -0.05) is 31.5 Å². The van der Waals surface area contributed by atoms with Gasteiger partial charge in [0.15, 0.2) is 5.78 Å². The Hall–Kier alpha value is -0.820. The zero-order chi connectivity index (χ0) is 10.3. The second-order valence-electron chi connectivity index (χ2n) is 4.74. The highest BCUT2D eigenvalue weighted by molar-refractivity contribution is 6.31. The van der Waals surface area contributed by atoms with Crippen molar-refractivity contribution in [3.63, 3.8) is 0 Å². The molecule has 0 N–H and O–H groups in total. The first-order chi connectivity index (χ1) is 6.48. The van der Waals surface area contributed by atoms with Crippen molar-refractivity contribution in [3.8, 4) is 0 Å². The van der Waals surface area contributed by atoms with Gasteiger partial charge in [0, 0.05) is 17.0 Å². The Morgan fingerprint density at radius 2 is 2.00 bits per heavy atom. The molecule has 0 unspecified atom stereocenters. The minimum atomic E-state index is 0.0952. The van der Waals surface area contributed by atoms with Crippen LogP contribution in [0.5, 0.6) is 0 Å². The Bertz CT molecular complexity index is 393. The summed E-state index contributed by atoms with van der Waals surface area (Å²) in [6, 6.07) is 5.61. The van der Waals surface area contributed by atoms with Crippen molar-refractivity contribution in [2.45, 2.75) is 26.7 Å². The number of Topliss-reactive ketones (excluding diaryl/α,β-unsaturated/α-hetero) is 1. The van der Waals surface area contributed by atoms with Crippen molar-refractivity contribution in [1.82, 2.24) is 0 Å². The third kappa shape index (κ3) is 1.69. The Kier molecular flexibility index (Phi) is 2.15. The Morgan fingerprint density at radius 1 is 1.29 bits per heavy atom. The summed E-state index contributed by atoms with van der Waals surface area (Å²) < 4.78 is 0. The first kappa shape index (κ1) is 9.72. The summed E-state index contributed by atoms with van der Waals surface area (Å²) in [4.78, 5) is 11.8. The van der Waals surface area contributed by atoms with E-state index in [2.05, 4.69) is 13.8 Å². The topological polar surface area (TPSA) is 17.1 Å². The van der Waals surface area contributed by atoms with Crippen molar-refractivity contribution in [2.24, 2.45) is 5.41 Å². The highest BCUT2D eigenvalue weighted by Crippen LogP contribution is 2.35. The molecule has 0 bridgehead atoms. The number of rotatable bonds is 0. The molecule has 2 heteroatoms. The van der Waals surface area contributed by atoms with Crippen LogP contribution in [0.25, 0.3) is 0 Å². The second-order valence-corrected chi connectivity index (χ2v) is 5.18. The number of benzene rings is 1. The predicted molar refractivity (Wildman–Crippen MR) is 57.9 cm³/mol. The molecular weight excluding hydrogens is 196 g/mol. The lowest BCUT2D eigenvalue weighted by atomic mass is 9.74. The van der Waals surface area contributed by atoms with E-state index in [1.54, 1.807) is 6.07 Å². The van der Waals surface area contributed by atoms with Crippen LogP contribution in [0.2, 0.25) is 5.02 Å². The molecule has 0 amide bonds. The molecule has 0 spiro atoms. The zero-order valence-corrected chi connectivity index (χ0v) is 9.19. The van der Waals surface area contributed by atoms with Crippen LogP contribution in [0.3, 0.4) is 0 Å². The third-order valence-corrected chi connectivity index (χ3v) is 2.92. The van der Waals surface area contributed by atoms with Crippen LogP contribution in [0.1, 0.15) is 36.2 Å². The minimum absolute atomic E-state index is 0.0952. The quantitative estimate of drug-likeness (QED) is 0.638. The fourth-order valence-corrected chi connectivity index (χ4v) is 2.24. The van der Waals surface area contributed by atoms with Crippen molar-refractivity contribution >= 4 is 17.4 Å². The molecule has 1 nitrogen and oxygen atoms in total. The molecule has 0 saturated heterocycles. The van der Waals surface area contributed by atoms with E-state index in [0.717, 1.165) is 17.5 Å². The maximum absolute atomic E-state index is 11.8. The van der Waals surface area contributed by atoms with E-state index in [4.69, 9.17) is 11.6 Å². The molecule has 0 heterocycles. The Balaban J connectivity index is 2.50. The molecule has 14 heavy (non-hydrogen) atoms. The van der Waals surface area contributed by atoms with Gasteiger partial charge in [0.25, 0.3) is 0 Å². The fourth-order valence-electron chi connectivity index (χ4n) is 2.07. The number of hydrogen-bond donors (Lipinski definition) is 0. The summed E-state index contributed by atoms with van der Waals surface area (Å²) in [7, 11) is 0. The van der Waals surface area contributed by atoms with Gasteiger partial charge in [-0.05, 0) is 29.5 Å². The highest BCUT2D eigenvalue weighted by atomic mass is 35.5. The molecule has 0 atom stereocenters. The molecule has 0 fully saturated rings. The van der Waals surface area contributed by atoms with Crippen LogP contribution < -0.4 is 0 Å². The van der Waals surface area contributed by atoms with E-state index in [1.165, 1.54) is 0 Å². The highest BCUT2D eigenvalue weighted by Gasteiger charge is 2.30. The molecule has 1 aliphatic carbocycles. The Labute approximate surface area is 89.1 Å². The number of halogens is 1. The smallest absolute Gasteiger partial charge is 0.163 e. The van der Waals surface area contributed by atoms with E-state index in [-0.39, 0.29) is 11.2 Å². The average molecular weight is 209 g/mol. The monoisotopic (exact) mass is 208 g/mol. The molecule has 1 aliphatic rings. The van der Waals surface area contributed by atoms with Crippen molar-refractivity contribution < 1.29 is 4.79 Å². The van der Waals surface area contributed by atoms with Crippen LogP contribution in [-0.2, 0) is 6.42 Å². The predicted octanol–water partition coefficient (Wildman–Crippen LogP) is 3.50. The Morgan fingerprint density at radius 3 is 2.71 bits per heavy atom. The summed E-state index contributed by atoms with van der Waals surface area (Å²) in [5.74, 6) is 0.221. The SMILES string of the molecule is CC1(C)CC(=O)c2cc(Cl)ccc2C1. The van der Waals surface area contributed by atoms with Gasteiger partial charge < -0.3 is 0 Å². The summed E-state index contributed by atoms with van der Waals surface area (Å²) in [5.41, 5.74) is 2.05. The van der Waals surface area contributed by atoms with E-state index in [9.17, 15) is 4.79 Å². The molecule has 0 saturated carbocycles. The van der Waals surface area contributed by atoms with Crippen molar-refractivity contribution in [1.29, 1.82) is 0 Å². The molecule has 74 valence electrons. The molecule has 0 aliphatic heterocycles. The van der Waals surface area contributed by atoms with Gasteiger partial charge in [-0.2, -0.15) is 0 Å². The minimum Gasteiger partial charge on any atom is -0.294 e. The fraction of sp³-hybridized carbons (Fsp3) is 0.417. The first-order valence-electron chi connectivity index (χ1n) is 4.80.